The van der Waals surface area contributed by atoms with Crippen LogP contribution in [-0.2, 0) is 5.91 Å². The summed E-state index contributed by atoms with van der Waals surface area (Å²) in [4.78, 5) is 0. The van der Waals surface area contributed by atoms with Gasteiger partial charge >= 0.3 is 0 Å². The second kappa shape index (κ2) is 3.67. The highest BCUT2D eigenvalue weighted by atomic mass is 16.5. The first-order valence-corrected chi connectivity index (χ1v) is 3.92. The molecule has 0 bridgehead atoms. The Labute approximate surface area is 71.7 Å². The molecule has 1 aromatic rings. The molecule has 1 rings (SSSR count). The van der Waals surface area contributed by atoms with E-state index < -0.39 is 5.91 Å². The molecule has 66 valence electrons. The monoisotopic (exact) mass is 167 g/mol. The van der Waals surface area contributed by atoms with Gasteiger partial charge in [0, 0.05) is 5.56 Å². The molecule has 0 atom stereocenters. The molecule has 1 aromatic carbocycles. The normalized spacial score (nSPS) is 11.6. The fraction of sp³-hybridized carbons (Fsp3) is 0.333. The van der Waals surface area contributed by atoms with E-state index in [2.05, 4.69) is 5.32 Å². The second-order valence-corrected chi connectivity index (χ2v) is 2.57. The van der Waals surface area contributed by atoms with Crippen molar-refractivity contribution in [3.8, 4) is 0 Å². The molecule has 0 aliphatic carbocycles. The van der Waals surface area contributed by atoms with Crippen LogP contribution in [-0.4, -0.2) is 16.8 Å². The molecule has 3 heteroatoms. The maximum absolute atomic E-state index is 9.43. The van der Waals surface area contributed by atoms with Gasteiger partial charge in [-0.3, -0.25) is 5.32 Å². The second-order valence-electron chi connectivity index (χ2n) is 2.57. The fourth-order valence-electron chi connectivity index (χ4n) is 1.02. The van der Waals surface area contributed by atoms with Crippen molar-refractivity contribution in [3.05, 3.63) is 35.9 Å². The van der Waals surface area contributed by atoms with Gasteiger partial charge in [-0.25, -0.2) is 0 Å². The van der Waals surface area contributed by atoms with Gasteiger partial charge in [0.15, 0.2) is 0 Å². The molecule has 0 radical (unpaired) electrons. The smallest absolute Gasteiger partial charge is 0.250 e. The molecule has 0 aliphatic rings. The van der Waals surface area contributed by atoms with Crippen LogP contribution in [0, 0.1) is 0 Å². The minimum Gasteiger partial charge on any atom is -0.350 e. The average Bonchev–Trinajstić information content (AvgIpc) is 2.06. The molecule has 0 amide bonds. The van der Waals surface area contributed by atoms with Gasteiger partial charge < -0.3 is 10.2 Å². The van der Waals surface area contributed by atoms with Crippen LogP contribution < -0.4 is 5.32 Å². The Bertz CT molecular complexity index is 234. The third-order valence-electron chi connectivity index (χ3n) is 1.60. The van der Waals surface area contributed by atoms with E-state index in [4.69, 9.17) is 0 Å². The Morgan fingerprint density at radius 3 is 2.33 bits per heavy atom. The third-order valence-corrected chi connectivity index (χ3v) is 1.60. The zero-order valence-electron chi connectivity index (χ0n) is 6.99. The van der Waals surface area contributed by atoms with E-state index >= 15 is 0 Å². The molecule has 0 saturated heterocycles. The Kier molecular flexibility index (Phi) is 2.81. The zero-order chi connectivity index (χ0) is 9.03. The minimum absolute atomic E-state index is 0.451. The molecule has 3 N–H and O–H groups in total. The van der Waals surface area contributed by atoms with E-state index in [0.717, 1.165) is 0 Å². The summed E-state index contributed by atoms with van der Waals surface area (Å²) in [5.41, 5.74) is 0.451. The Morgan fingerprint density at radius 2 is 1.83 bits per heavy atom. The fourth-order valence-corrected chi connectivity index (χ4v) is 1.02. The van der Waals surface area contributed by atoms with E-state index in [9.17, 15) is 10.2 Å². The molecule has 0 saturated carbocycles. The van der Waals surface area contributed by atoms with Gasteiger partial charge in [0.2, 0.25) is 0 Å². The van der Waals surface area contributed by atoms with E-state index in [1.165, 1.54) is 0 Å². The standard InChI is InChI=1S/C9H13NO2/c1-2-10-9(11,12)8-6-4-3-5-7-8/h3-7,10-12H,2H2,1H3. The van der Waals surface area contributed by atoms with Crippen LogP contribution in [0.1, 0.15) is 12.5 Å². The number of hydrogen-bond acceptors (Lipinski definition) is 3. The number of aliphatic hydroxyl groups is 2. The van der Waals surface area contributed by atoms with E-state index in [-0.39, 0.29) is 0 Å². The van der Waals surface area contributed by atoms with Gasteiger partial charge in [0.05, 0.1) is 0 Å². The summed E-state index contributed by atoms with van der Waals surface area (Å²) in [6.07, 6.45) is 0. The molecule has 3 nitrogen and oxygen atoms in total. The number of nitrogens with one attached hydrogen (secondary N) is 1. The van der Waals surface area contributed by atoms with E-state index in [0.29, 0.717) is 12.1 Å². The highest BCUT2D eigenvalue weighted by Crippen LogP contribution is 2.12. The van der Waals surface area contributed by atoms with Gasteiger partial charge in [-0.05, 0) is 6.54 Å². The van der Waals surface area contributed by atoms with Crippen molar-refractivity contribution >= 4 is 0 Å². The van der Waals surface area contributed by atoms with Crippen LogP contribution in [0.5, 0.6) is 0 Å². The highest BCUT2D eigenvalue weighted by Gasteiger charge is 2.23. The molecule has 0 fully saturated rings. The summed E-state index contributed by atoms with van der Waals surface area (Å²) < 4.78 is 0. The van der Waals surface area contributed by atoms with Crippen molar-refractivity contribution in [2.45, 2.75) is 12.8 Å². The SMILES string of the molecule is CCNC(O)(O)c1ccccc1. The topological polar surface area (TPSA) is 52.5 Å². The van der Waals surface area contributed by atoms with Crippen LogP contribution in [0.25, 0.3) is 0 Å². The zero-order valence-corrected chi connectivity index (χ0v) is 6.99. The van der Waals surface area contributed by atoms with Gasteiger partial charge in [0.25, 0.3) is 5.91 Å². The summed E-state index contributed by atoms with van der Waals surface area (Å²) >= 11 is 0. The molecule has 0 heterocycles. The van der Waals surface area contributed by atoms with Crippen molar-refractivity contribution in [1.29, 1.82) is 0 Å². The average molecular weight is 167 g/mol. The molecule has 0 spiro atoms. The van der Waals surface area contributed by atoms with Crippen molar-refractivity contribution < 1.29 is 10.2 Å². The first kappa shape index (κ1) is 9.19. The van der Waals surface area contributed by atoms with Crippen molar-refractivity contribution in [3.63, 3.8) is 0 Å². The van der Waals surface area contributed by atoms with Gasteiger partial charge in [-0.2, -0.15) is 0 Å². The molecule has 0 aromatic heterocycles. The Hall–Kier alpha value is -0.900. The Morgan fingerprint density at radius 1 is 1.25 bits per heavy atom. The summed E-state index contributed by atoms with van der Waals surface area (Å²) in [7, 11) is 0. The van der Waals surface area contributed by atoms with E-state index in [1.54, 1.807) is 24.3 Å². The molecular formula is C9H13NO2. The summed E-state index contributed by atoms with van der Waals surface area (Å²) in [5.74, 6) is -1.91. The summed E-state index contributed by atoms with van der Waals surface area (Å²) in [6, 6.07) is 8.65. The first-order valence-electron chi connectivity index (χ1n) is 3.92. The Balaban J connectivity index is 2.82. The van der Waals surface area contributed by atoms with Crippen LogP contribution in [0.3, 0.4) is 0 Å². The van der Waals surface area contributed by atoms with Crippen LogP contribution >= 0.6 is 0 Å². The lowest BCUT2D eigenvalue weighted by Gasteiger charge is -2.22. The lowest BCUT2D eigenvalue weighted by atomic mass is 10.1. The van der Waals surface area contributed by atoms with Gasteiger partial charge in [0.1, 0.15) is 0 Å². The van der Waals surface area contributed by atoms with Crippen LogP contribution in [0.4, 0.5) is 0 Å². The number of rotatable bonds is 3. The lowest BCUT2D eigenvalue weighted by Crippen LogP contribution is -2.41. The quantitative estimate of drug-likeness (QED) is 0.571. The number of hydrogen-bond donors (Lipinski definition) is 3. The predicted molar refractivity (Wildman–Crippen MR) is 46.2 cm³/mol. The van der Waals surface area contributed by atoms with Crippen LogP contribution in [0.2, 0.25) is 0 Å². The van der Waals surface area contributed by atoms with Crippen LogP contribution in [0.15, 0.2) is 30.3 Å². The first-order chi connectivity index (χ1) is 5.67. The maximum Gasteiger partial charge on any atom is 0.250 e. The minimum atomic E-state index is -1.91. The number of benzene rings is 1. The summed E-state index contributed by atoms with van der Waals surface area (Å²) in [5, 5.41) is 21.4. The van der Waals surface area contributed by atoms with Gasteiger partial charge in [-0.1, -0.05) is 37.3 Å². The molecule has 12 heavy (non-hydrogen) atoms. The van der Waals surface area contributed by atoms with E-state index in [1.807, 2.05) is 13.0 Å². The molecule has 0 unspecified atom stereocenters. The lowest BCUT2D eigenvalue weighted by molar-refractivity contribution is -0.193. The van der Waals surface area contributed by atoms with Gasteiger partial charge in [-0.15, -0.1) is 0 Å². The van der Waals surface area contributed by atoms with Crippen molar-refractivity contribution in [2.24, 2.45) is 0 Å². The molecule has 0 aliphatic heterocycles. The molecular weight excluding hydrogens is 154 g/mol. The highest BCUT2D eigenvalue weighted by molar-refractivity contribution is 5.18. The van der Waals surface area contributed by atoms with Crippen molar-refractivity contribution in [1.82, 2.24) is 5.32 Å². The maximum atomic E-state index is 9.43. The van der Waals surface area contributed by atoms with Crippen molar-refractivity contribution in [2.75, 3.05) is 6.54 Å². The predicted octanol–water partition coefficient (Wildman–Crippen LogP) is 0.391. The third kappa shape index (κ3) is 2.04. The summed E-state index contributed by atoms with van der Waals surface area (Å²) in [6.45, 7) is 2.31. The largest absolute Gasteiger partial charge is 0.350 e.